The highest BCUT2D eigenvalue weighted by Gasteiger charge is 2.13. The number of carbonyl (C=O) groups excluding carboxylic acids is 1. The number of ether oxygens (including phenoxy) is 1. The summed E-state index contributed by atoms with van der Waals surface area (Å²) >= 11 is 1.49. The number of para-hydroxylation sites is 1. The van der Waals surface area contributed by atoms with E-state index >= 15 is 0 Å². The lowest BCUT2D eigenvalue weighted by Gasteiger charge is -2.11. The molecule has 3 aromatic rings. The Labute approximate surface area is 174 Å². The molecule has 0 bridgehead atoms. The van der Waals surface area contributed by atoms with E-state index in [9.17, 15) is 4.79 Å². The average molecular weight is 415 g/mol. The Morgan fingerprint density at radius 1 is 1.24 bits per heavy atom. The van der Waals surface area contributed by atoms with E-state index < -0.39 is 0 Å². The van der Waals surface area contributed by atoms with Crippen molar-refractivity contribution in [3.8, 4) is 5.75 Å². The van der Waals surface area contributed by atoms with E-state index in [0.717, 1.165) is 23.4 Å². The van der Waals surface area contributed by atoms with Crippen molar-refractivity contribution >= 4 is 34.5 Å². The van der Waals surface area contributed by atoms with E-state index in [1.807, 2.05) is 36.6 Å². The van der Waals surface area contributed by atoms with Gasteiger partial charge < -0.3 is 15.4 Å². The molecule has 1 aromatic carbocycles. The number of hydrogen-bond acceptors (Lipinski definition) is 7. The predicted octanol–water partition coefficient (Wildman–Crippen LogP) is 2.81. The van der Waals surface area contributed by atoms with Gasteiger partial charge in [-0.05, 0) is 24.3 Å². The van der Waals surface area contributed by atoms with Crippen molar-refractivity contribution < 1.29 is 9.53 Å². The number of benzene rings is 1. The van der Waals surface area contributed by atoms with Gasteiger partial charge in [-0.3, -0.25) is 4.79 Å². The maximum atomic E-state index is 12.0. The number of aromatic nitrogens is 4. The Morgan fingerprint density at radius 3 is 2.76 bits per heavy atom. The zero-order valence-electron chi connectivity index (χ0n) is 16.9. The number of anilines is 1. The van der Waals surface area contributed by atoms with E-state index in [2.05, 4.69) is 39.5 Å². The van der Waals surface area contributed by atoms with Gasteiger partial charge in [-0.1, -0.05) is 43.8 Å². The number of nitrogens with zero attached hydrogens (tertiary/aromatic N) is 4. The molecule has 0 unspecified atom stereocenters. The van der Waals surface area contributed by atoms with Crippen LogP contribution < -0.4 is 15.4 Å². The van der Waals surface area contributed by atoms with Crippen LogP contribution >= 0.6 is 11.8 Å². The molecule has 8 nitrogen and oxygen atoms in total. The molecule has 0 aliphatic heterocycles. The summed E-state index contributed by atoms with van der Waals surface area (Å²) in [6, 6.07) is 9.27. The number of carbonyl (C=O) groups is 1. The summed E-state index contributed by atoms with van der Waals surface area (Å²) in [6.07, 6.45) is 3.71. The number of thioether (sulfide) groups is 1. The molecule has 3 rings (SSSR count). The summed E-state index contributed by atoms with van der Waals surface area (Å²) < 4.78 is 7.24. The van der Waals surface area contributed by atoms with Crippen molar-refractivity contribution in [3.05, 3.63) is 36.5 Å². The molecule has 0 fully saturated rings. The third-order valence-electron chi connectivity index (χ3n) is 4.09. The SMILES string of the molecule is CSc1nc(NCC(C)C)c2cnn(CCNC(=O)COc3ccccc3)c2n1. The van der Waals surface area contributed by atoms with Crippen molar-refractivity contribution in [1.29, 1.82) is 0 Å². The summed E-state index contributed by atoms with van der Waals surface area (Å²) in [5.74, 6) is 1.79. The molecule has 0 aliphatic carbocycles. The van der Waals surface area contributed by atoms with Crippen molar-refractivity contribution in [2.24, 2.45) is 5.92 Å². The van der Waals surface area contributed by atoms with Crippen molar-refractivity contribution in [2.75, 3.05) is 31.3 Å². The first-order valence-electron chi connectivity index (χ1n) is 9.52. The lowest BCUT2D eigenvalue weighted by molar-refractivity contribution is -0.123. The quantitative estimate of drug-likeness (QED) is 0.389. The monoisotopic (exact) mass is 414 g/mol. The molecule has 2 N–H and O–H groups in total. The fourth-order valence-corrected chi connectivity index (χ4v) is 3.00. The Morgan fingerprint density at radius 2 is 2.03 bits per heavy atom. The Hall–Kier alpha value is -2.81. The predicted molar refractivity (Wildman–Crippen MR) is 115 cm³/mol. The van der Waals surface area contributed by atoms with Crippen molar-refractivity contribution in [1.82, 2.24) is 25.1 Å². The number of nitrogens with one attached hydrogen (secondary N) is 2. The second-order valence-corrected chi connectivity index (χ2v) is 7.66. The van der Waals surface area contributed by atoms with Crippen LogP contribution in [0.25, 0.3) is 11.0 Å². The standard InChI is InChI=1S/C20H26N6O2S/c1-14(2)11-22-18-16-12-23-26(19(16)25-20(24-18)29-3)10-9-21-17(27)13-28-15-7-5-4-6-8-15/h4-8,12,14H,9-11,13H2,1-3H3,(H,21,27)(H,22,24,25). The van der Waals surface area contributed by atoms with Crippen LogP contribution in [-0.2, 0) is 11.3 Å². The van der Waals surface area contributed by atoms with E-state index in [0.29, 0.717) is 29.9 Å². The maximum Gasteiger partial charge on any atom is 0.258 e. The second-order valence-electron chi connectivity index (χ2n) is 6.89. The number of fused-ring (bicyclic) bond motifs is 1. The highest BCUT2D eigenvalue weighted by molar-refractivity contribution is 7.98. The van der Waals surface area contributed by atoms with E-state index in [4.69, 9.17) is 4.74 Å². The van der Waals surface area contributed by atoms with Gasteiger partial charge >= 0.3 is 0 Å². The topological polar surface area (TPSA) is 94.0 Å². The molecule has 0 radical (unpaired) electrons. The molecular weight excluding hydrogens is 388 g/mol. The van der Waals surface area contributed by atoms with Gasteiger partial charge in [-0.2, -0.15) is 5.10 Å². The third kappa shape index (κ3) is 5.83. The van der Waals surface area contributed by atoms with E-state index in [1.165, 1.54) is 11.8 Å². The normalized spacial score (nSPS) is 11.0. The van der Waals surface area contributed by atoms with Gasteiger partial charge in [0.25, 0.3) is 5.91 Å². The lowest BCUT2D eigenvalue weighted by Crippen LogP contribution is -2.31. The van der Waals surface area contributed by atoms with Crippen LogP contribution in [0.5, 0.6) is 5.75 Å². The van der Waals surface area contributed by atoms with Crippen LogP contribution in [0.3, 0.4) is 0 Å². The van der Waals surface area contributed by atoms with Crippen LogP contribution in [0.4, 0.5) is 5.82 Å². The van der Waals surface area contributed by atoms with Crippen LogP contribution in [0.1, 0.15) is 13.8 Å². The van der Waals surface area contributed by atoms with Crippen LogP contribution in [0.2, 0.25) is 0 Å². The van der Waals surface area contributed by atoms with Crippen molar-refractivity contribution in [3.63, 3.8) is 0 Å². The van der Waals surface area contributed by atoms with Gasteiger partial charge in [-0.15, -0.1) is 0 Å². The van der Waals surface area contributed by atoms with Gasteiger partial charge in [0.15, 0.2) is 17.4 Å². The average Bonchev–Trinajstić information content (AvgIpc) is 3.14. The molecule has 2 aromatic heterocycles. The summed E-state index contributed by atoms with van der Waals surface area (Å²) in [5.41, 5.74) is 0.755. The van der Waals surface area contributed by atoms with Crippen LogP contribution in [-0.4, -0.2) is 51.6 Å². The summed E-state index contributed by atoms with van der Waals surface area (Å²) in [4.78, 5) is 21.2. The largest absolute Gasteiger partial charge is 0.484 e. The molecule has 9 heteroatoms. The molecule has 0 aliphatic rings. The molecule has 0 spiro atoms. The highest BCUT2D eigenvalue weighted by atomic mass is 32.2. The minimum Gasteiger partial charge on any atom is -0.484 e. The Bertz CT molecular complexity index is 945. The van der Waals surface area contributed by atoms with Crippen LogP contribution in [0.15, 0.2) is 41.7 Å². The molecular formula is C20H26N6O2S. The van der Waals surface area contributed by atoms with Crippen LogP contribution in [0, 0.1) is 5.92 Å². The first kappa shape index (κ1) is 20.9. The molecule has 154 valence electrons. The molecule has 2 heterocycles. The minimum atomic E-state index is -0.177. The summed E-state index contributed by atoms with van der Waals surface area (Å²) in [5, 5.41) is 12.2. The molecule has 1 amide bonds. The fourth-order valence-electron chi connectivity index (χ4n) is 2.64. The van der Waals surface area contributed by atoms with Gasteiger partial charge in [0.05, 0.1) is 18.1 Å². The number of hydrogen-bond donors (Lipinski definition) is 2. The van der Waals surface area contributed by atoms with Crippen molar-refractivity contribution in [2.45, 2.75) is 25.5 Å². The van der Waals surface area contributed by atoms with Gasteiger partial charge in [0, 0.05) is 13.1 Å². The van der Waals surface area contributed by atoms with E-state index in [-0.39, 0.29) is 12.5 Å². The zero-order chi connectivity index (χ0) is 20.6. The second kappa shape index (κ2) is 10.1. The van der Waals surface area contributed by atoms with E-state index in [1.54, 1.807) is 10.9 Å². The molecule has 29 heavy (non-hydrogen) atoms. The molecule has 0 saturated carbocycles. The number of amides is 1. The first-order valence-corrected chi connectivity index (χ1v) is 10.7. The fraction of sp³-hybridized carbons (Fsp3) is 0.400. The van der Waals surface area contributed by atoms with Gasteiger partial charge in [0.2, 0.25) is 0 Å². The summed E-state index contributed by atoms with van der Waals surface area (Å²) in [7, 11) is 0. The lowest BCUT2D eigenvalue weighted by atomic mass is 10.2. The highest BCUT2D eigenvalue weighted by Crippen LogP contribution is 2.23. The Kier molecular flexibility index (Phi) is 7.29. The molecule has 0 saturated heterocycles. The zero-order valence-corrected chi connectivity index (χ0v) is 17.7. The Balaban J connectivity index is 1.59. The summed E-state index contributed by atoms with van der Waals surface area (Å²) in [6.45, 7) is 6.04. The smallest absolute Gasteiger partial charge is 0.258 e. The minimum absolute atomic E-state index is 0.0219. The number of rotatable bonds is 10. The van der Waals surface area contributed by atoms with Gasteiger partial charge in [0.1, 0.15) is 11.6 Å². The third-order valence-corrected chi connectivity index (χ3v) is 4.64. The molecule has 0 atom stereocenters. The first-order chi connectivity index (χ1) is 14.1. The maximum absolute atomic E-state index is 12.0. The van der Waals surface area contributed by atoms with Gasteiger partial charge in [-0.25, -0.2) is 14.6 Å².